The number of benzene rings is 1. The fourth-order valence-electron chi connectivity index (χ4n) is 2.47. The second-order valence-electron chi connectivity index (χ2n) is 5.40. The molecule has 1 aromatic carbocycles. The van der Waals surface area contributed by atoms with E-state index in [1.165, 1.54) is 0 Å². The quantitative estimate of drug-likeness (QED) is 0.908. The van der Waals surface area contributed by atoms with Crippen molar-refractivity contribution in [3.63, 3.8) is 0 Å². The molecule has 0 atom stereocenters. The summed E-state index contributed by atoms with van der Waals surface area (Å²) in [4.78, 5) is 14.2. The van der Waals surface area contributed by atoms with Crippen molar-refractivity contribution in [2.45, 2.75) is 32.7 Å². The highest BCUT2D eigenvalue weighted by atomic mass is 16.5. The van der Waals surface area contributed by atoms with Gasteiger partial charge in [-0.15, -0.1) is 0 Å². The first-order valence-electron chi connectivity index (χ1n) is 6.81. The standard InChI is InChI=1S/C15H22N2O2/c1-4-19-13-7-5-12(6-8-13)17-14(18)11-16-10-9-15(17,2)3/h5-8,16H,4,9-11H2,1-3H3. The van der Waals surface area contributed by atoms with Gasteiger partial charge in [-0.3, -0.25) is 4.79 Å². The third kappa shape index (κ3) is 3.07. The molecule has 19 heavy (non-hydrogen) atoms. The Morgan fingerprint density at radius 1 is 1.32 bits per heavy atom. The van der Waals surface area contributed by atoms with Crippen LogP contribution < -0.4 is 15.0 Å². The molecule has 0 spiro atoms. The van der Waals surface area contributed by atoms with E-state index >= 15 is 0 Å². The molecule has 1 saturated heterocycles. The Morgan fingerprint density at radius 2 is 2.00 bits per heavy atom. The van der Waals surface area contributed by atoms with Crippen molar-refractivity contribution in [2.75, 3.05) is 24.6 Å². The van der Waals surface area contributed by atoms with Crippen molar-refractivity contribution >= 4 is 11.6 Å². The van der Waals surface area contributed by atoms with Gasteiger partial charge in [-0.05, 0) is 58.0 Å². The van der Waals surface area contributed by atoms with E-state index in [0.29, 0.717) is 13.2 Å². The molecule has 0 bridgehead atoms. The minimum atomic E-state index is -0.173. The molecule has 1 aromatic rings. The van der Waals surface area contributed by atoms with Crippen molar-refractivity contribution in [1.82, 2.24) is 5.32 Å². The van der Waals surface area contributed by atoms with E-state index in [-0.39, 0.29) is 11.4 Å². The van der Waals surface area contributed by atoms with E-state index in [1.807, 2.05) is 36.1 Å². The van der Waals surface area contributed by atoms with Crippen molar-refractivity contribution in [2.24, 2.45) is 0 Å². The average Bonchev–Trinajstić information content (AvgIpc) is 2.49. The average molecular weight is 262 g/mol. The van der Waals surface area contributed by atoms with Gasteiger partial charge in [0.2, 0.25) is 5.91 Å². The van der Waals surface area contributed by atoms with Gasteiger partial charge in [0, 0.05) is 11.2 Å². The van der Waals surface area contributed by atoms with Gasteiger partial charge in [-0.2, -0.15) is 0 Å². The molecule has 0 aliphatic carbocycles. The number of anilines is 1. The highest BCUT2D eigenvalue weighted by Gasteiger charge is 2.33. The van der Waals surface area contributed by atoms with Gasteiger partial charge < -0.3 is 15.0 Å². The Balaban J connectivity index is 2.28. The summed E-state index contributed by atoms with van der Waals surface area (Å²) in [6.07, 6.45) is 0.936. The Kier molecular flexibility index (Phi) is 4.10. The van der Waals surface area contributed by atoms with E-state index < -0.39 is 0 Å². The molecule has 0 aromatic heterocycles. The zero-order valence-corrected chi connectivity index (χ0v) is 11.9. The van der Waals surface area contributed by atoms with Crippen LogP contribution in [0.5, 0.6) is 5.75 Å². The maximum atomic E-state index is 12.3. The number of ether oxygens (including phenoxy) is 1. The summed E-state index contributed by atoms with van der Waals surface area (Å²) >= 11 is 0. The summed E-state index contributed by atoms with van der Waals surface area (Å²) in [7, 11) is 0. The lowest BCUT2D eigenvalue weighted by atomic mass is 9.97. The lowest BCUT2D eigenvalue weighted by Crippen LogP contribution is -2.48. The van der Waals surface area contributed by atoms with Crippen LogP contribution in [0, 0.1) is 0 Å². The number of carbonyl (C=O) groups is 1. The maximum absolute atomic E-state index is 12.3. The second kappa shape index (κ2) is 5.61. The molecule has 1 heterocycles. The van der Waals surface area contributed by atoms with Crippen LogP contribution in [-0.4, -0.2) is 31.1 Å². The molecular weight excluding hydrogens is 240 g/mol. The third-order valence-corrected chi connectivity index (χ3v) is 3.45. The summed E-state index contributed by atoms with van der Waals surface area (Å²) in [6.45, 7) is 8.09. The van der Waals surface area contributed by atoms with Crippen molar-refractivity contribution in [3.05, 3.63) is 24.3 Å². The molecule has 0 unspecified atom stereocenters. The van der Waals surface area contributed by atoms with Crippen LogP contribution in [-0.2, 0) is 4.79 Å². The number of rotatable bonds is 3. The Bertz CT molecular complexity index is 440. The third-order valence-electron chi connectivity index (χ3n) is 3.45. The number of hydrogen-bond donors (Lipinski definition) is 1. The van der Waals surface area contributed by atoms with Crippen LogP contribution in [0.3, 0.4) is 0 Å². The number of nitrogens with one attached hydrogen (secondary N) is 1. The number of amides is 1. The topological polar surface area (TPSA) is 41.6 Å². The first-order chi connectivity index (χ1) is 9.04. The van der Waals surface area contributed by atoms with Gasteiger partial charge in [0.25, 0.3) is 0 Å². The highest BCUT2D eigenvalue weighted by molar-refractivity contribution is 5.96. The Labute approximate surface area is 114 Å². The molecule has 0 saturated carbocycles. The van der Waals surface area contributed by atoms with Crippen LogP contribution >= 0.6 is 0 Å². The first kappa shape index (κ1) is 13.9. The summed E-state index contributed by atoms with van der Waals surface area (Å²) in [5.74, 6) is 0.955. The lowest BCUT2D eigenvalue weighted by molar-refractivity contribution is -0.118. The second-order valence-corrected chi connectivity index (χ2v) is 5.40. The number of hydrogen-bond acceptors (Lipinski definition) is 3. The van der Waals surface area contributed by atoms with E-state index in [9.17, 15) is 4.79 Å². The minimum Gasteiger partial charge on any atom is -0.494 e. The van der Waals surface area contributed by atoms with Gasteiger partial charge in [0.15, 0.2) is 0 Å². The summed E-state index contributed by atoms with van der Waals surface area (Å²) in [6, 6.07) is 7.74. The van der Waals surface area contributed by atoms with Gasteiger partial charge in [-0.1, -0.05) is 0 Å². The molecule has 4 nitrogen and oxygen atoms in total. The van der Waals surface area contributed by atoms with Crippen molar-refractivity contribution in [1.29, 1.82) is 0 Å². The number of nitrogens with zero attached hydrogens (tertiary/aromatic N) is 1. The normalized spacial score (nSPS) is 19.1. The molecule has 1 amide bonds. The zero-order chi connectivity index (χ0) is 13.9. The minimum absolute atomic E-state index is 0.117. The molecule has 1 N–H and O–H groups in total. The predicted molar refractivity (Wildman–Crippen MR) is 76.7 cm³/mol. The van der Waals surface area contributed by atoms with Crippen LogP contribution in [0.15, 0.2) is 24.3 Å². The largest absolute Gasteiger partial charge is 0.494 e. The van der Waals surface area contributed by atoms with Crippen LogP contribution in [0.4, 0.5) is 5.69 Å². The van der Waals surface area contributed by atoms with E-state index in [2.05, 4.69) is 19.2 Å². The molecule has 0 radical (unpaired) electrons. The molecule has 4 heteroatoms. The molecule has 1 aliphatic heterocycles. The van der Waals surface area contributed by atoms with Gasteiger partial charge >= 0.3 is 0 Å². The fraction of sp³-hybridized carbons (Fsp3) is 0.533. The zero-order valence-electron chi connectivity index (χ0n) is 11.9. The summed E-state index contributed by atoms with van der Waals surface area (Å²) in [5.41, 5.74) is 0.760. The predicted octanol–water partition coefficient (Wildman–Crippen LogP) is 2.19. The fourth-order valence-corrected chi connectivity index (χ4v) is 2.47. The molecular formula is C15H22N2O2. The van der Waals surface area contributed by atoms with Crippen LogP contribution in [0.25, 0.3) is 0 Å². The van der Waals surface area contributed by atoms with Gasteiger partial charge in [0.1, 0.15) is 5.75 Å². The van der Waals surface area contributed by atoms with Crippen molar-refractivity contribution < 1.29 is 9.53 Å². The Morgan fingerprint density at radius 3 is 2.63 bits per heavy atom. The highest BCUT2D eigenvalue weighted by Crippen LogP contribution is 2.29. The van der Waals surface area contributed by atoms with E-state index in [0.717, 1.165) is 24.4 Å². The Hall–Kier alpha value is -1.55. The van der Waals surface area contributed by atoms with Crippen molar-refractivity contribution in [3.8, 4) is 5.75 Å². The van der Waals surface area contributed by atoms with E-state index in [4.69, 9.17) is 4.74 Å². The SMILES string of the molecule is CCOc1ccc(N2C(=O)CNCCC2(C)C)cc1. The van der Waals surface area contributed by atoms with Crippen LogP contribution in [0.2, 0.25) is 0 Å². The lowest BCUT2D eigenvalue weighted by Gasteiger charge is -2.37. The molecule has 1 aliphatic rings. The first-order valence-corrected chi connectivity index (χ1v) is 6.81. The van der Waals surface area contributed by atoms with E-state index in [1.54, 1.807) is 0 Å². The van der Waals surface area contributed by atoms with Crippen LogP contribution in [0.1, 0.15) is 27.2 Å². The number of carbonyl (C=O) groups excluding carboxylic acids is 1. The molecule has 104 valence electrons. The summed E-state index contributed by atoms with van der Waals surface area (Å²) in [5, 5.41) is 3.17. The van der Waals surface area contributed by atoms with Gasteiger partial charge in [0.05, 0.1) is 13.2 Å². The van der Waals surface area contributed by atoms with Gasteiger partial charge in [-0.25, -0.2) is 0 Å². The molecule has 1 fully saturated rings. The maximum Gasteiger partial charge on any atom is 0.241 e. The summed E-state index contributed by atoms with van der Waals surface area (Å²) < 4.78 is 5.44. The smallest absolute Gasteiger partial charge is 0.241 e. The molecule has 2 rings (SSSR count). The monoisotopic (exact) mass is 262 g/mol.